The van der Waals surface area contributed by atoms with E-state index in [2.05, 4.69) is 10.6 Å². The fraction of sp³-hybridized carbons (Fsp3) is 0.273. The van der Waals surface area contributed by atoms with Crippen LogP contribution in [-0.4, -0.2) is 25.2 Å². The summed E-state index contributed by atoms with van der Waals surface area (Å²) < 4.78 is 51.4. The molecule has 6 nitrogen and oxygen atoms in total. The molecule has 0 radical (unpaired) electrons. The molecule has 0 bridgehead atoms. The molecule has 164 valence electrons. The predicted molar refractivity (Wildman–Crippen MR) is 107 cm³/mol. The molecular formula is C22H21F3N2O4. The van der Waals surface area contributed by atoms with Gasteiger partial charge in [-0.15, -0.1) is 0 Å². The van der Waals surface area contributed by atoms with E-state index in [9.17, 15) is 22.8 Å². The van der Waals surface area contributed by atoms with Crippen molar-refractivity contribution >= 4 is 17.7 Å². The van der Waals surface area contributed by atoms with Gasteiger partial charge in [0.2, 0.25) is 0 Å². The Kier molecular flexibility index (Phi) is 6.24. The average molecular weight is 434 g/mol. The maximum absolute atomic E-state index is 13.7. The number of rotatable bonds is 5. The van der Waals surface area contributed by atoms with Gasteiger partial charge in [0, 0.05) is 0 Å². The summed E-state index contributed by atoms with van der Waals surface area (Å²) in [5.74, 6) is -0.301. The molecule has 9 heteroatoms. The molecule has 0 spiro atoms. The largest absolute Gasteiger partial charge is 0.497 e. The number of benzene rings is 2. The highest BCUT2D eigenvalue weighted by Crippen LogP contribution is 2.39. The molecule has 0 aromatic heterocycles. The third kappa shape index (κ3) is 4.82. The summed E-state index contributed by atoms with van der Waals surface area (Å²) in [6.45, 7) is 3.25. The second-order valence-electron chi connectivity index (χ2n) is 7.09. The van der Waals surface area contributed by atoms with Crippen molar-refractivity contribution in [3.05, 3.63) is 70.8 Å². The number of carbonyl (C=O) groups excluding carboxylic acids is 2. The normalized spacial score (nSPS) is 16.6. The van der Waals surface area contributed by atoms with Gasteiger partial charge in [0.05, 0.1) is 36.1 Å². The van der Waals surface area contributed by atoms with Gasteiger partial charge in [-0.1, -0.05) is 18.2 Å². The van der Waals surface area contributed by atoms with E-state index < -0.39 is 35.9 Å². The number of halogens is 3. The van der Waals surface area contributed by atoms with E-state index in [4.69, 9.17) is 9.47 Å². The van der Waals surface area contributed by atoms with Crippen LogP contribution in [0.25, 0.3) is 5.70 Å². The smallest absolute Gasteiger partial charge is 0.416 e. The number of urea groups is 1. The number of alkyl halides is 3. The third-order valence-corrected chi connectivity index (χ3v) is 4.59. The third-order valence-electron chi connectivity index (χ3n) is 4.59. The van der Waals surface area contributed by atoms with Crippen LogP contribution in [0, 0.1) is 0 Å². The number of amides is 2. The summed E-state index contributed by atoms with van der Waals surface area (Å²) >= 11 is 0. The highest BCUT2D eigenvalue weighted by molar-refractivity contribution is 6.04. The second-order valence-corrected chi connectivity index (χ2v) is 7.09. The van der Waals surface area contributed by atoms with Crippen molar-refractivity contribution in [3.63, 3.8) is 0 Å². The van der Waals surface area contributed by atoms with Gasteiger partial charge in [0.25, 0.3) is 0 Å². The van der Waals surface area contributed by atoms with Gasteiger partial charge in [-0.3, -0.25) is 0 Å². The molecular weight excluding hydrogens is 413 g/mol. The van der Waals surface area contributed by atoms with Crippen molar-refractivity contribution in [3.8, 4) is 5.75 Å². The maximum Gasteiger partial charge on any atom is 0.416 e. The van der Waals surface area contributed by atoms with Gasteiger partial charge >= 0.3 is 18.2 Å². The highest BCUT2D eigenvalue weighted by Gasteiger charge is 2.41. The number of hydrogen-bond acceptors (Lipinski definition) is 4. The zero-order valence-electron chi connectivity index (χ0n) is 17.0. The number of nitrogens with one attached hydrogen (secondary N) is 2. The Bertz CT molecular complexity index is 1010. The number of esters is 1. The van der Waals surface area contributed by atoms with Gasteiger partial charge < -0.3 is 20.1 Å². The monoisotopic (exact) mass is 434 g/mol. The summed E-state index contributed by atoms with van der Waals surface area (Å²) in [6, 6.07) is 9.09. The molecule has 2 aromatic rings. The molecule has 2 amide bonds. The lowest BCUT2D eigenvalue weighted by Crippen LogP contribution is -2.46. The van der Waals surface area contributed by atoms with E-state index in [0.717, 1.165) is 6.07 Å². The first-order valence-electron chi connectivity index (χ1n) is 9.45. The summed E-state index contributed by atoms with van der Waals surface area (Å²) in [7, 11) is 1.48. The Morgan fingerprint density at radius 1 is 1.06 bits per heavy atom. The van der Waals surface area contributed by atoms with Gasteiger partial charge in [0.1, 0.15) is 5.75 Å². The molecule has 2 N–H and O–H groups in total. The Morgan fingerprint density at radius 3 is 2.29 bits per heavy atom. The van der Waals surface area contributed by atoms with Crippen LogP contribution in [0.4, 0.5) is 18.0 Å². The Hall–Kier alpha value is -3.49. The minimum Gasteiger partial charge on any atom is -0.497 e. The van der Waals surface area contributed by atoms with Crippen LogP contribution in [0.2, 0.25) is 0 Å². The molecule has 0 saturated heterocycles. The fourth-order valence-electron chi connectivity index (χ4n) is 3.29. The van der Waals surface area contributed by atoms with Crippen LogP contribution >= 0.6 is 0 Å². The van der Waals surface area contributed by atoms with Crippen LogP contribution in [0.1, 0.15) is 36.6 Å². The van der Waals surface area contributed by atoms with Crippen LogP contribution in [-0.2, 0) is 15.7 Å². The molecule has 3 rings (SSSR count). The molecule has 0 saturated carbocycles. The molecule has 1 aliphatic heterocycles. The molecule has 1 atom stereocenters. The number of methoxy groups -OCH3 is 1. The van der Waals surface area contributed by atoms with E-state index in [1.54, 1.807) is 38.1 Å². The number of carbonyl (C=O) groups is 2. The molecule has 0 aliphatic carbocycles. The summed E-state index contributed by atoms with van der Waals surface area (Å²) in [4.78, 5) is 25.4. The van der Waals surface area contributed by atoms with E-state index in [0.29, 0.717) is 11.3 Å². The van der Waals surface area contributed by atoms with Gasteiger partial charge in [-0.25, -0.2) is 9.59 Å². The summed E-state index contributed by atoms with van der Waals surface area (Å²) in [6.07, 6.45) is -5.20. The molecule has 2 aromatic carbocycles. The first-order chi connectivity index (χ1) is 14.6. The first kappa shape index (κ1) is 22.2. The number of ether oxygens (including phenoxy) is 2. The van der Waals surface area contributed by atoms with Crippen molar-refractivity contribution < 1.29 is 32.2 Å². The average Bonchev–Trinajstić information content (AvgIpc) is 2.72. The molecule has 1 unspecified atom stereocenters. The lowest BCUT2D eigenvalue weighted by atomic mass is 9.89. The topological polar surface area (TPSA) is 76.7 Å². The van der Waals surface area contributed by atoms with Crippen LogP contribution < -0.4 is 15.4 Å². The van der Waals surface area contributed by atoms with Crippen LogP contribution in [0.5, 0.6) is 5.75 Å². The highest BCUT2D eigenvalue weighted by atomic mass is 19.4. The predicted octanol–water partition coefficient (Wildman–Crippen LogP) is 4.43. The standard InChI is InChI=1S/C22H21F3N2O4/c1-12(2)31-20(28)17-18(13-8-10-14(30-3)11-9-13)26-21(29)27-19(17)15-6-4-5-7-16(15)22(23,24)25/h4-12,19H,1-3H3,(H2,26,27,29). The van der Waals surface area contributed by atoms with E-state index in [-0.39, 0.29) is 16.8 Å². The van der Waals surface area contributed by atoms with Crippen molar-refractivity contribution in [1.29, 1.82) is 0 Å². The maximum atomic E-state index is 13.7. The van der Waals surface area contributed by atoms with Crippen molar-refractivity contribution in [2.24, 2.45) is 0 Å². The van der Waals surface area contributed by atoms with E-state index in [1.165, 1.54) is 25.3 Å². The minimum atomic E-state index is -4.68. The molecule has 1 heterocycles. The van der Waals surface area contributed by atoms with Gasteiger partial charge in [-0.2, -0.15) is 13.2 Å². The second kappa shape index (κ2) is 8.71. The van der Waals surface area contributed by atoms with Crippen molar-refractivity contribution in [1.82, 2.24) is 10.6 Å². The van der Waals surface area contributed by atoms with Gasteiger partial charge in [0.15, 0.2) is 0 Å². The SMILES string of the molecule is COc1ccc(C2=C(C(=O)OC(C)C)C(c3ccccc3C(F)(F)F)NC(=O)N2)cc1. The van der Waals surface area contributed by atoms with Crippen molar-refractivity contribution in [2.45, 2.75) is 32.2 Å². The summed E-state index contributed by atoms with van der Waals surface area (Å²) in [5.41, 5.74) is -0.854. The quantitative estimate of drug-likeness (QED) is 0.683. The zero-order valence-corrected chi connectivity index (χ0v) is 17.0. The molecule has 31 heavy (non-hydrogen) atoms. The minimum absolute atomic E-state index is 0.0685. The first-order valence-corrected chi connectivity index (χ1v) is 9.45. The lowest BCUT2D eigenvalue weighted by molar-refractivity contribution is -0.143. The summed E-state index contributed by atoms with van der Waals surface area (Å²) in [5, 5.41) is 4.98. The van der Waals surface area contributed by atoms with Crippen LogP contribution in [0.3, 0.4) is 0 Å². The van der Waals surface area contributed by atoms with Gasteiger partial charge in [-0.05, 0) is 55.3 Å². The number of hydrogen-bond donors (Lipinski definition) is 2. The molecule has 1 aliphatic rings. The van der Waals surface area contributed by atoms with Crippen LogP contribution in [0.15, 0.2) is 54.1 Å². The zero-order chi connectivity index (χ0) is 22.8. The molecule has 0 fully saturated rings. The lowest BCUT2D eigenvalue weighted by Gasteiger charge is -2.31. The van der Waals surface area contributed by atoms with Crippen molar-refractivity contribution in [2.75, 3.05) is 7.11 Å². The fourth-order valence-corrected chi connectivity index (χ4v) is 3.29. The Labute approximate surface area is 177 Å². The Balaban J connectivity index is 2.24. The van der Waals surface area contributed by atoms with E-state index >= 15 is 0 Å². The van der Waals surface area contributed by atoms with E-state index in [1.807, 2.05) is 0 Å². The Morgan fingerprint density at radius 2 is 1.71 bits per heavy atom.